The molecule has 0 saturated carbocycles. The van der Waals surface area contributed by atoms with Crippen LogP contribution in [0.1, 0.15) is 17.5 Å². The van der Waals surface area contributed by atoms with Gasteiger partial charge in [0.15, 0.2) is 5.13 Å². The van der Waals surface area contributed by atoms with Crippen molar-refractivity contribution in [2.45, 2.75) is 19.9 Å². The van der Waals surface area contributed by atoms with E-state index in [4.69, 9.17) is 4.74 Å². The third-order valence-corrected chi connectivity index (χ3v) is 4.53. The molecule has 98 valence electrons. The van der Waals surface area contributed by atoms with Gasteiger partial charge in [-0.2, -0.15) is 0 Å². The van der Waals surface area contributed by atoms with Crippen molar-refractivity contribution < 1.29 is 9.53 Å². The zero-order valence-corrected chi connectivity index (χ0v) is 11.5. The number of hydrogen-bond acceptors (Lipinski definition) is 5. The number of thiazole rings is 1. The smallest absolute Gasteiger partial charge is 0.236 e. The maximum Gasteiger partial charge on any atom is 0.236 e. The van der Waals surface area contributed by atoms with Gasteiger partial charge in [-0.15, -0.1) is 11.3 Å². The summed E-state index contributed by atoms with van der Waals surface area (Å²) < 4.78 is 5.11. The molecule has 0 unspecified atom stereocenters. The van der Waals surface area contributed by atoms with Gasteiger partial charge in [0, 0.05) is 24.4 Å². The van der Waals surface area contributed by atoms with Crippen LogP contribution in [0.4, 0.5) is 5.13 Å². The Morgan fingerprint density at radius 3 is 3.00 bits per heavy atom. The number of likely N-dealkylation sites (N-methyl/N-ethyl adjacent to an activating group) is 1. The van der Waals surface area contributed by atoms with Gasteiger partial charge in [-0.1, -0.05) is 0 Å². The minimum Gasteiger partial charge on any atom is -0.379 e. The summed E-state index contributed by atoms with van der Waals surface area (Å²) in [5, 5.41) is 3.66. The number of ether oxygens (including phenoxy) is 1. The summed E-state index contributed by atoms with van der Waals surface area (Å²) in [7, 11) is 2.10. The Kier molecular flexibility index (Phi) is 2.88. The van der Waals surface area contributed by atoms with Gasteiger partial charge in [-0.05, 0) is 14.0 Å². The molecule has 5 nitrogen and oxygen atoms in total. The number of nitrogens with one attached hydrogen (secondary N) is 1. The van der Waals surface area contributed by atoms with Gasteiger partial charge in [-0.25, -0.2) is 4.98 Å². The lowest BCUT2D eigenvalue weighted by Crippen LogP contribution is -2.49. The Bertz CT molecular complexity index is 482. The van der Waals surface area contributed by atoms with Crippen molar-refractivity contribution in [3.63, 3.8) is 0 Å². The fourth-order valence-corrected chi connectivity index (χ4v) is 3.25. The highest BCUT2D eigenvalue weighted by Crippen LogP contribution is 2.31. The van der Waals surface area contributed by atoms with Crippen LogP contribution in [0.2, 0.25) is 0 Å². The van der Waals surface area contributed by atoms with Crippen molar-refractivity contribution in [3.8, 4) is 0 Å². The van der Waals surface area contributed by atoms with E-state index >= 15 is 0 Å². The molecule has 0 bridgehead atoms. The Morgan fingerprint density at radius 1 is 1.56 bits per heavy atom. The van der Waals surface area contributed by atoms with E-state index in [0.717, 1.165) is 30.3 Å². The number of amides is 1. The number of nitrogens with zero attached hydrogens (tertiary/aromatic N) is 2. The van der Waals surface area contributed by atoms with Gasteiger partial charge >= 0.3 is 0 Å². The summed E-state index contributed by atoms with van der Waals surface area (Å²) in [6.07, 6.45) is 0.971. The molecule has 1 N–H and O–H groups in total. The van der Waals surface area contributed by atoms with E-state index in [-0.39, 0.29) is 11.3 Å². The number of carbonyl (C=O) groups is 1. The molecule has 2 aliphatic rings. The van der Waals surface area contributed by atoms with Crippen molar-refractivity contribution in [1.29, 1.82) is 0 Å². The van der Waals surface area contributed by atoms with Crippen LogP contribution in [-0.2, 0) is 22.5 Å². The summed E-state index contributed by atoms with van der Waals surface area (Å²) in [6.45, 7) is 4.91. The second kappa shape index (κ2) is 4.29. The first-order valence-corrected chi connectivity index (χ1v) is 6.95. The molecule has 3 rings (SSSR count). The molecule has 0 aromatic carbocycles. The minimum atomic E-state index is -0.372. The fourth-order valence-electron chi connectivity index (χ4n) is 2.16. The molecule has 1 aromatic heterocycles. The molecule has 18 heavy (non-hydrogen) atoms. The van der Waals surface area contributed by atoms with Gasteiger partial charge in [0.25, 0.3) is 0 Å². The molecule has 0 spiro atoms. The summed E-state index contributed by atoms with van der Waals surface area (Å²) >= 11 is 1.59. The highest BCUT2D eigenvalue weighted by Gasteiger charge is 2.41. The van der Waals surface area contributed by atoms with E-state index in [0.29, 0.717) is 13.2 Å². The fraction of sp³-hybridized carbons (Fsp3) is 0.667. The lowest BCUT2D eigenvalue weighted by molar-refractivity contribution is -0.151. The van der Waals surface area contributed by atoms with E-state index in [1.54, 1.807) is 11.3 Å². The Hall–Kier alpha value is -0.980. The lowest BCUT2D eigenvalue weighted by Gasteiger charge is -2.35. The molecule has 0 aliphatic carbocycles. The Labute approximate surface area is 110 Å². The van der Waals surface area contributed by atoms with Gasteiger partial charge < -0.3 is 15.0 Å². The summed E-state index contributed by atoms with van der Waals surface area (Å²) in [4.78, 5) is 20.1. The SMILES string of the molecule is CN1CCc2nc(NC(=O)C3(C)COC3)sc2C1. The Morgan fingerprint density at radius 2 is 2.33 bits per heavy atom. The average Bonchev–Trinajstić information content (AvgIpc) is 2.67. The topological polar surface area (TPSA) is 54.5 Å². The molecular weight excluding hydrogens is 250 g/mol. The van der Waals surface area contributed by atoms with Crippen LogP contribution in [0.5, 0.6) is 0 Å². The number of rotatable bonds is 2. The summed E-state index contributed by atoms with van der Waals surface area (Å²) in [5.41, 5.74) is 0.770. The highest BCUT2D eigenvalue weighted by atomic mass is 32.1. The van der Waals surface area contributed by atoms with Gasteiger partial charge in [0.2, 0.25) is 5.91 Å². The van der Waals surface area contributed by atoms with Crippen molar-refractivity contribution in [1.82, 2.24) is 9.88 Å². The van der Waals surface area contributed by atoms with Crippen LogP contribution < -0.4 is 5.32 Å². The van der Waals surface area contributed by atoms with E-state index in [2.05, 4.69) is 22.2 Å². The first-order valence-electron chi connectivity index (χ1n) is 6.13. The van der Waals surface area contributed by atoms with E-state index in [1.807, 2.05) is 6.92 Å². The van der Waals surface area contributed by atoms with Crippen LogP contribution >= 0.6 is 11.3 Å². The molecule has 1 saturated heterocycles. The van der Waals surface area contributed by atoms with E-state index < -0.39 is 0 Å². The van der Waals surface area contributed by atoms with Crippen molar-refractivity contribution in [2.24, 2.45) is 5.41 Å². The standard InChI is InChI=1S/C12H17N3O2S/c1-12(6-17-7-12)10(16)14-11-13-8-3-4-15(2)5-9(8)18-11/h3-7H2,1-2H3,(H,13,14,16). The van der Waals surface area contributed by atoms with Gasteiger partial charge in [-0.3, -0.25) is 4.79 Å². The molecule has 1 fully saturated rings. The van der Waals surface area contributed by atoms with Crippen LogP contribution in [0, 0.1) is 5.41 Å². The molecule has 0 radical (unpaired) electrons. The summed E-state index contributed by atoms with van der Waals surface area (Å²) in [5.74, 6) is 0.0215. The predicted molar refractivity (Wildman–Crippen MR) is 69.7 cm³/mol. The number of aromatic nitrogens is 1. The van der Waals surface area contributed by atoms with Crippen molar-refractivity contribution in [3.05, 3.63) is 10.6 Å². The van der Waals surface area contributed by atoms with Crippen molar-refractivity contribution in [2.75, 3.05) is 32.1 Å². The number of carbonyl (C=O) groups excluding carboxylic acids is 1. The monoisotopic (exact) mass is 267 g/mol. The molecule has 6 heteroatoms. The molecule has 0 atom stereocenters. The average molecular weight is 267 g/mol. The number of anilines is 1. The first-order chi connectivity index (χ1) is 8.57. The maximum absolute atomic E-state index is 12.1. The van der Waals surface area contributed by atoms with Crippen molar-refractivity contribution >= 4 is 22.4 Å². The molecule has 1 amide bonds. The van der Waals surface area contributed by atoms with Gasteiger partial charge in [0.1, 0.15) is 0 Å². The van der Waals surface area contributed by atoms with Crippen LogP contribution in [0.15, 0.2) is 0 Å². The molecule has 1 aromatic rings. The summed E-state index contributed by atoms with van der Waals surface area (Å²) in [6, 6.07) is 0. The second-order valence-corrected chi connectivity index (χ2v) is 6.47. The van der Waals surface area contributed by atoms with Gasteiger partial charge in [0.05, 0.1) is 24.3 Å². The van der Waals surface area contributed by atoms with E-state index in [9.17, 15) is 4.79 Å². The van der Waals surface area contributed by atoms with Crippen LogP contribution in [-0.4, -0.2) is 42.6 Å². The third kappa shape index (κ3) is 2.04. The second-order valence-electron chi connectivity index (χ2n) is 5.38. The maximum atomic E-state index is 12.1. The first kappa shape index (κ1) is 12.1. The highest BCUT2D eigenvalue weighted by molar-refractivity contribution is 7.15. The normalized spacial score (nSPS) is 22.1. The molecular formula is C12H17N3O2S. The Balaban J connectivity index is 1.72. The van der Waals surface area contributed by atoms with E-state index in [1.165, 1.54) is 4.88 Å². The predicted octanol–water partition coefficient (Wildman–Crippen LogP) is 1.11. The molecule has 2 aliphatic heterocycles. The largest absolute Gasteiger partial charge is 0.379 e. The zero-order valence-electron chi connectivity index (χ0n) is 10.7. The van der Waals surface area contributed by atoms with Crippen LogP contribution in [0.3, 0.4) is 0 Å². The zero-order chi connectivity index (χ0) is 12.8. The lowest BCUT2D eigenvalue weighted by atomic mass is 9.88. The van der Waals surface area contributed by atoms with Crippen LogP contribution in [0.25, 0.3) is 0 Å². The molecule has 3 heterocycles. The number of hydrogen-bond donors (Lipinski definition) is 1. The minimum absolute atomic E-state index is 0.0215. The number of fused-ring (bicyclic) bond motifs is 1. The quantitative estimate of drug-likeness (QED) is 0.872. The third-order valence-electron chi connectivity index (χ3n) is 3.53.